The van der Waals surface area contributed by atoms with Gasteiger partial charge in [-0.1, -0.05) is 18.6 Å². The largest absolute Gasteiger partial charge is 0.325 e. The molecule has 1 aliphatic rings. The molecule has 2 aromatic rings. The molecule has 2 N–H and O–H groups in total. The summed E-state index contributed by atoms with van der Waals surface area (Å²) in [6.45, 7) is 3.85. The van der Waals surface area contributed by atoms with Crippen molar-refractivity contribution in [3.63, 3.8) is 0 Å². The maximum Gasteiger partial charge on any atom is 0.277 e. The number of benzene rings is 2. The number of nitrogens with zero attached hydrogens (tertiary/aromatic N) is 4. The second-order valence-corrected chi connectivity index (χ2v) is 7.85. The zero-order valence-electron chi connectivity index (χ0n) is 18.5. The Morgan fingerprint density at radius 3 is 2.09 bits per heavy atom. The number of nitro groups is 2. The van der Waals surface area contributed by atoms with Gasteiger partial charge in [-0.25, -0.2) is 5.43 Å². The van der Waals surface area contributed by atoms with Gasteiger partial charge >= 0.3 is 0 Å². The summed E-state index contributed by atoms with van der Waals surface area (Å²) in [5, 5.41) is 28.8. The number of nitrogens with one attached hydrogen (secondary N) is 2. The Kier molecular flexibility index (Phi) is 7.98. The zero-order chi connectivity index (χ0) is 24.7. The van der Waals surface area contributed by atoms with Gasteiger partial charge in [-0.15, -0.1) is 0 Å². The highest BCUT2D eigenvalue weighted by Crippen LogP contribution is 2.22. The van der Waals surface area contributed by atoms with Gasteiger partial charge in [-0.2, -0.15) is 5.10 Å². The molecule has 0 bridgehead atoms. The van der Waals surface area contributed by atoms with Gasteiger partial charge in [0.15, 0.2) is 0 Å². The molecule has 0 radical (unpaired) electrons. The van der Waals surface area contributed by atoms with Crippen molar-refractivity contribution in [2.24, 2.45) is 5.10 Å². The summed E-state index contributed by atoms with van der Waals surface area (Å²) in [7, 11) is 0. The summed E-state index contributed by atoms with van der Waals surface area (Å²) in [6.07, 6.45) is 3.41. The average molecular weight is 468 g/mol. The van der Waals surface area contributed by atoms with Crippen molar-refractivity contribution in [2.75, 3.05) is 25.0 Å². The number of rotatable bonds is 8. The smallest absolute Gasteiger partial charge is 0.277 e. The van der Waals surface area contributed by atoms with E-state index in [1.165, 1.54) is 6.42 Å². The lowest BCUT2D eigenvalue weighted by atomic mass is 10.1. The summed E-state index contributed by atoms with van der Waals surface area (Å²) in [5.74, 6) is -0.911. The van der Waals surface area contributed by atoms with E-state index >= 15 is 0 Å². The van der Waals surface area contributed by atoms with Gasteiger partial charge in [0.2, 0.25) is 5.91 Å². The predicted octanol–water partition coefficient (Wildman–Crippen LogP) is 3.08. The monoisotopic (exact) mass is 468 g/mol. The summed E-state index contributed by atoms with van der Waals surface area (Å²) in [6, 6.07) is 9.53. The van der Waals surface area contributed by atoms with Gasteiger partial charge in [0.05, 0.1) is 33.7 Å². The normalized spacial score (nSPS) is 14.3. The molecule has 34 heavy (non-hydrogen) atoms. The van der Waals surface area contributed by atoms with Crippen molar-refractivity contribution in [3.05, 3.63) is 73.8 Å². The maximum atomic E-state index is 12.4. The van der Waals surface area contributed by atoms with Gasteiger partial charge in [0.25, 0.3) is 17.3 Å². The van der Waals surface area contributed by atoms with Gasteiger partial charge in [0, 0.05) is 17.8 Å². The molecule has 178 valence electrons. The number of likely N-dealkylation sites (tertiary alicyclic amines) is 1. The van der Waals surface area contributed by atoms with Crippen molar-refractivity contribution >= 4 is 34.6 Å². The molecular formula is C22H24N6O6. The second-order valence-electron chi connectivity index (χ2n) is 7.85. The summed E-state index contributed by atoms with van der Waals surface area (Å²) in [5.41, 5.74) is 2.57. The van der Waals surface area contributed by atoms with Crippen LogP contribution in [0.2, 0.25) is 0 Å². The van der Waals surface area contributed by atoms with Crippen molar-refractivity contribution in [2.45, 2.75) is 26.2 Å². The zero-order valence-corrected chi connectivity index (χ0v) is 18.5. The van der Waals surface area contributed by atoms with E-state index in [1.54, 1.807) is 31.2 Å². The topological polar surface area (TPSA) is 160 Å². The van der Waals surface area contributed by atoms with Gasteiger partial charge < -0.3 is 5.32 Å². The highest BCUT2D eigenvalue weighted by molar-refractivity contribution is 6.01. The SMILES string of the molecule is C/C(=N/NC(=O)c1cc([N+](=O)[O-])cc([N+](=O)[O-])c1)c1ccc(NC(=O)CN2CCCCC2)cc1. The molecule has 0 atom stereocenters. The lowest BCUT2D eigenvalue weighted by Gasteiger charge is -2.25. The van der Waals surface area contributed by atoms with E-state index in [0.717, 1.165) is 44.1 Å². The fraction of sp³-hybridized carbons (Fsp3) is 0.318. The molecule has 0 aromatic heterocycles. The van der Waals surface area contributed by atoms with Crippen molar-refractivity contribution in [3.8, 4) is 0 Å². The molecule has 0 aliphatic carbocycles. The van der Waals surface area contributed by atoms with E-state index in [-0.39, 0.29) is 11.5 Å². The van der Waals surface area contributed by atoms with Crippen LogP contribution in [-0.4, -0.2) is 51.9 Å². The van der Waals surface area contributed by atoms with E-state index in [0.29, 0.717) is 23.5 Å². The fourth-order valence-electron chi connectivity index (χ4n) is 3.52. The molecule has 0 spiro atoms. The van der Waals surface area contributed by atoms with E-state index in [4.69, 9.17) is 0 Å². The number of carbonyl (C=O) groups is 2. The Bertz CT molecular complexity index is 1090. The minimum Gasteiger partial charge on any atom is -0.325 e. The third-order valence-electron chi connectivity index (χ3n) is 5.31. The molecular weight excluding hydrogens is 444 g/mol. The number of amides is 2. The summed E-state index contributed by atoms with van der Waals surface area (Å²) >= 11 is 0. The van der Waals surface area contributed by atoms with E-state index in [9.17, 15) is 29.8 Å². The van der Waals surface area contributed by atoms with Crippen LogP contribution in [-0.2, 0) is 4.79 Å². The van der Waals surface area contributed by atoms with Crippen molar-refractivity contribution < 1.29 is 19.4 Å². The van der Waals surface area contributed by atoms with Crippen LogP contribution in [0.3, 0.4) is 0 Å². The van der Waals surface area contributed by atoms with Gasteiger partial charge in [0.1, 0.15) is 0 Å². The molecule has 3 rings (SSSR count). The average Bonchev–Trinajstić information content (AvgIpc) is 2.83. The molecule has 1 saturated heterocycles. The fourth-order valence-corrected chi connectivity index (χ4v) is 3.52. The Morgan fingerprint density at radius 1 is 0.941 bits per heavy atom. The first-order valence-corrected chi connectivity index (χ1v) is 10.6. The number of non-ortho nitro benzene ring substituents is 2. The highest BCUT2D eigenvalue weighted by atomic mass is 16.6. The van der Waals surface area contributed by atoms with Crippen molar-refractivity contribution in [1.82, 2.24) is 10.3 Å². The standard InChI is InChI=1S/C22H24N6O6/c1-15(24-25-22(30)17-11-19(27(31)32)13-20(12-17)28(33)34)16-5-7-18(8-6-16)23-21(29)14-26-9-3-2-4-10-26/h5-8,11-13H,2-4,9-10,14H2,1H3,(H,23,29)(H,25,30)/b24-15-. The number of hydrogen-bond donors (Lipinski definition) is 2. The summed E-state index contributed by atoms with van der Waals surface area (Å²) in [4.78, 5) is 47.1. The number of piperidine rings is 1. The first kappa shape index (κ1) is 24.5. The van der Waals surface area contributed by atoms with E-state index in [2.05, 4.69) is 20.7 Å². The van der Waals surface area contributed by atoms with Gasteiger partial charge in [-0.3, -0.25) is 34.7 Å². The third kappa shape index (κ3) is 6.65. The Balaban J connectivity index is 1.61. The minimum absolute atomic E-state index is 0.0849. The number of hydrogen-bond acceptors (Lipinski definition) is 8. The Hall–Kier alpha value is -4.19. The van der Waals surface area contributed by atoms with Crippen LogP contribution in [0, 0.1) is 20.2 Å². The lowest BCUT2D eigenvalue weighted by Crippen LogP contribution is -2.36. The maximum absolute atomic E-state index is 12.4. The molecule has 1 fully saturated rings. The lowest BCUT2D eigenvalue weighted by molar-refractivity contribution is -0.394. The Labute approximate surface area is 194 Å². The van der Waals surface area contributed by atoms with Crippen LogP contribution >= 0.6 is 0 Å². The third-order valence-corrected chi connectivity index (χ3v) is 5.31. The number of nitro benzene ring substituents is 2. The van der Waals surface area contributed by atoms with Crippen molar-refractivity contribution in [1.29, 1.82) is 0 Å². The molecule has 1 heterocycles. The highest BCUT2D eigenvalue weighted by Gasteiger charge is 2.20. The van der Waals surface area contributed by atoms with Crippen LogP contribution in [0.4, 0.5) is 17.1 Å². The quantitative estimate of drug-likeness (QED) is 0.342. The Morgan fingerprint density at radius 2 is 1.53 bits per heavy atom. The molecule has 12 nitrogen and oxygen atoms in total. The molecule has 12 heteroatoms. The summed E-state index contributed by atoms with van der Waals surface area (Å²) < 4.78 is 0. The van der Waals surface area contributed by atoms with Gasteiger partial charge in [-0.05, 0) is 50.6 Å². The minimum atomic E-state index is -0.826. The van der Waals surface area contributed by atoms with E-state index < -0.39 is 27.1 Å². The first-order chi connectivity index (χ1) is 16.2. The number of anilines is 1. The van der Waals surface area contributed by atoms with Crippen LogP contribution in [0.15, 0.2) is 47.6 Å². The van der Waals surface area contributed by atoms with Crippen LogP contribution in [0.25, 0.3) is 0 Å². The van der Waals surface area contributed by atoms with Crippen LogP contribution in [0.5, 0.6) is 0 Å². The second kappa shape index (κ2) is 11.1. The first-order valence-electron chi connectivity index (χ1n) is 10.6. The number of carbonyl (C=O) groups excluding carboxylic acids is 2. The van der Waals surface area contributed by atoms with Crippen LogP contribution < -0.4 is 10.7 Å². The molecule has 0 saturated carbocycles. The molecule has 2 aromatic carbocycles. The number of hydrazone groups is 1. The molecule has 0 unspecified atom stereocenters. The molecule has 1 aliphatic heterocycles. The van der Waals surface area contributed by atoms with E-state index in [1.807, 2.05) is 0 Å². The van der Waals surface area contributed by atoms with Crippen LogP contribution in [0.1, 0.15) is 42.1 Å². The predicted molar refractivity (Wildman–Crippen MR) is 125 cm³/mol. The molecule has 2 amide bonds.